The number of benzene rings is 2. The van der Waals surface area contributed by atoms with E-state index in [2.05, 4.69) is 52.8 Å². The number of fused-ring (bicyclic) bond motifs is 3. The van der Waals surface area contributed by atoms with Crippen molar-refractivity contribution in [2.24, 2.45) is 17.4 Å². The number of rotatable bonds is 3. The summed E-state index contributed by atoms with van der Waals surface area (Å²) in [6.07, 6.45) is 4.50. The maximum Gasteiger partial charge on any atom is 0.149 e. The number of hydrogen-bond donors (Lipinski definition) is 1. The molecule has 0 bridgehead atoms. The van der Waals surface area contributed by atoms with E-state index < -0.39 is 11.6 Å². The van der Waals surface area contributed by atoms with Crippen molar-refractivity contribution in [3.05, 3.63) is 71.6 Å². The van der Waals surface area contributed by atoms with Gasteiger partial charge >= 0.3 is 0 Å². The van der Waals surface area contributed by atoms with Crippen molar-refractivity contribution in [2.45, 2.75) is 37.9 Å². The van der Waals surface area contributed by atoms with E-state index in [-0.39, 0.29) is 23.3 Å². The average Bonchev–Trinajstić information content (AvgIpc) is 3.24. The van der Waals surface area contributed by atoms with Crippen LogP contribution >= 0.6 is 0 Å². The number of aromatic nitrogens is 2. The number of halogens is 2. The molecule has 2 aliphatic heterocycles. The van der Waals surface area contributed by atoms with E-state index in [4.69, 9.17) is 0 Å². The smallest absolute Gasteiger partial charge is 0.149 e. The summed E-state index contributed by atoms with van der Waals surface area (Å²) in [5.41, 5.74) is 4.14. The van der Waals surface area contributed by atoms with E-state index in [1.165, 1.54) is 12.1 Å². The molecule has 0 saturated carbocycles. The summed E-state index contributed by atoms with van der Waals surface area (Å²) < 4.78 is 29.6. The second-order valence-electron chi connectivity index (χ2n) is 8.76. The summed E-state index contributed by atoms with van der Waals surface area (Å²) in [7, 11) is 1.89. The fourth-order valence-corrected chi connectivity index (χ4v) is 4.60. The maximum atomic E-state index is 14.4. The lowest BCUT2D eigenvalue weighted by Gasteiger charge is -2.30. The number of nitrogens with one attached hydrogen (secondary N) is 1. The summed E-state index contributed by atoms with van der Waals surface area (Å²) in [5.74, 6) is -1.19. The maximum absolute atomic E-state index is 14.4. The van der Waals surface area contributed by atoms with Gasteiger partial charge in [0.15, 0.2) is 0 Å². The van der Waals surface area contributed by atoms with E-state index in [1.807, 2.05) is 24.5 Å². The molecule has 3 aromatic rings. The van der Waals surface area contributed by atoms with Crippen molar-refractivity contribution >= 4 is 5.69 Å². The third-order valence-corrected chi connectivity index (χ3v) is 6.09. The normalized spacial score (nSPS) is 21.5. The standard InChI is InChI=1S/C23H24F2N6/c1-23(2)22-17-6-4-14(15-12-26-30(3)13-15)10-18(17)20(8-9-31(22)29-28-23)27-21-7-5-16(24)11-19(21)25/h4-7,10-13,20,22,27H,8-9H2,1-3H3. The third kappa shape index (κ3) is 3.45. The number of hydrogen-bond acceptors (Lipinski definition) is 5. The summed E-state index contributed by atoms with van der Waals surface area (Å²) >= 11 is 0. The van der Waals surface area contributed by atoms with Gasteiger partial charge in [0.05, 0.1) is 17.9 Å². The Morgan fingerprint density at radius 3 is 2.65 bits per heavy atom. The fraction of sp³-hybridized carbons (Fsp3) is 0.348. The Bertz CT molecular complexity index is 1170. The fourth-order valence-electron chi connectivity index (χ4n) is 4.60. The molecule has 0 amide bonds. The van der Waals surface area contributed by atoms with Gasteiger partial charge in [0.2, 0.25) is 0 Å². The van der Waals surface area contributed by atoms with Gasteiger partial charge in [-0.25, -0.2) is 8.78 Å². The molecule has 3 heterocycles. The largest absolute Gasteiger partial charge is 0.376 e. The molecule has 0 radical (unpaired) electrons. The van der Waals surface area contributed by atoms with Crippen LogP contribution in [0.1, 0.15) is 43.5 Å². The lowest BCUT2D eigenvalue weighted by Crippen LogP contribution is -2.32. The molecule has 0 saturated heterocycles. The van der Waals surface area contributed by atoms with Crippen LogP contribution in [0.2, 0.25) is 0 Å². The first-order chi connectivity index (χ1) is 14.8. The molecule has 160 valence electrons. The van der Waals surface area contributed by atoms with Gasteiger partial charge < -0.3 is 5.32 Å². The zero-order valence-corrected chi connectivity index (χ0v) is 17.7. The van der Waals surface area contributed by atoms with E-state index in [9.17, 15) is 8.78 Å². The number of nitrogens with zero attached hydrogens (tertiary/aromatic N) is 5. The zero-order chi connectivity index (χ0) is 21.8. The van der Waals surface area contributed by atoms with Crippen molar-refractivity contribution in [2.75, 3.05) is 11.9 Å². The van der Waals surface area contributed by atoms with Crippen molar-refractivity contribution in [3.8, 4) is 11.1 Å². The molecule has 2 aromatic carbocycles. The van der Waals surface area contributed by atoms with Gasteiger partial charge in [-0.3, -0.25) is 9.69 Å². The highest BCUT2D eigenvalue weighted by Gasteiger charge is 2.44. The van der Waals surface area contributed by atoms with E-state index in [1.54, 1.807) is 4.68 Å². The van der Waals surface area contributed by atoms with Crippen molar-refractivity contribution in [1.29, 1.82) is 0 Å². The molecule has 5 rings (SSSR count). The van der Waals surface area contributed by atoms with Crippen LogP contribution in [0.4, 0.5) is 14.5 Å². The second kappa shape index (κ2) is 7.14. The Labute approximate surface area is 179 Å². The van der Waals surface area contributed by atoms with Crippen LogP contribution in [-0.4, -0.2) is 26.9 Å². The first-order valence-corrected chi connectivity index (χ1v) is 10.4. The summed E-state index contributed by atoms with van der Waals surface area (Å²) in [5, 5.41) is 18.5. The quantitative estimate of drug-likeness (QED) is 0.613. The van der Waals surface area contributed by atoms with Gasteiger partial charge in [0.1, 0.15) is 23.2 Å². The first-order valence-electron chi connectivity index (χ1n) is 10.4. The number of anilines is 1. The molecular formula is C23H24F2N6. The molecule has 2 atom stereocenters. The topological polar surface area (TPSA) is 57.8 Å². The van der Waals surface area contributed by atoms with E-state index >= 15 is 0 Å². The van der Waals surface area contributed by atoms with E-state index in [0.717, 1.165) is 28.3 Å². The minimum Gasteiger partial charge on any atom is -0.376 e. The predicted molar refractivity (Wildman–Crippen MR) is 114 cm³/mol. The second-order valence-corrected chi connectivity index (χ2v) is 8.76. The van der Waals surface area contributed by atoms with Crippen LogP contribution in [-0.2, 0) is 7.05 Å². The van der Waals surface area contributed by atoms with Crippen LogP contribution in [0.15, 0.2) is 59.1 Å². The minimum atomic E-state index is -0.602. The predicted octanol–water partition coefficient (Wildman–Crippen LogP) is 5.42. The molecule has 2 unspecified atom stereocenters. The summed E-state index contributed by atoms with van der Waals surface area (Å²) in [4.78, 5) is 0. The monoisotopic (exact) mass is 422 g/mol. The van der Waals surface area contributed by atoms with Gasteiger partial charge in [0, 0.05) is 31.4 Å². The highest BCUT2D eigenvalue weighted by molar-refractivity contribution is 5.65. The van der Waals surface area contributed by atoms with Crippen LogP contribution < -0.4 is 5.32 Å². The van der Waals surface area contributed by atoms with Crippen molar-refractivity contribution in [3.63, 3.8) is 0 Å². The average molecular weight is 422 g/mol. The molecule has 0 fully saturated rings. The molecule has 0 aliphatic carbocycles. The SMILES string of the molecule is Cn1cc(-c2ccc3c(c2)C(Nc2ccc(F)cc2F)CCN2N=NC(C)(C)C32)cn1. The van der Waals surface area contributed by atoms with Crippen LogP contribution in [0.3, 0.4) is 0 Å². The highest BCUT2D eigenvalue weighted by atomic mass is 19.1. The van der Waals surface area contributed by atoms with Crippen LogP contribution in [0.5, 0.6) is 0 Å². The Morgan fingerprint density at radius 1 is 1.06 bits per heavy atom. The van der Waals surface area contributed by atoms with E-state index in [0.29, 0.717) is 13.0 Å². The molecule has 1 N–H and O–H groups in total. The van der Waals surface area contributed by atoms with Gasteiger partial charge in [-0.2, -0.15) is 10.2 Å². The molecule has 0 spiro atoms. The zero-order valence-electron chi connectivity index (χ0n) is 17.7. The molecule has 1 aromatic heterocycles. The van der Waals surface area contributed by atoms with Gasteiger partial charge in [-0.15, -0.1) is 0 Å². The first kappa shape index (κ1) is 19.7. The number of aryl methyl sites for hydroxylation is 1. The van der Waals surface area contributed by atoms with Crippen LogP contribution in [0.25, 0.3) is 11.1 Å². The molecule has 31 heavy (non-hydrogen) atoms. The van der Waals surface area contributed by atoms with Gasteiger partial charge in [-0.1, -0.05) is 17.4 Å². The summed E-state index contributed by atoms with van der Waals surface area (Å²) in [6, 6.07) is 9.80. The lowest BCUT2D eigenvalue weighted by molar-refractivity contribution is 0.198. The third-order valence-electron chi connectivity index (χ3n) is 6.09. The lowest BCUT2D eigenvalue weighted by atomic mass is 9.84. The van der Waals surface area contributed by atoms with Crippen molar-refractivity contribution in [1.82, 2.24) is 14.8 Å². The summed E-state index contributed by atoms with van der Waals surface area (Å²) in [6.45, 7) is 4.83. The van der Waals surface area contributed by atoms with Crippen LogP contribution in [0, 0.1) is 11.6 Å². The molecule has 8 heteroatoms. The highest BCUT2D eigenvalue weighted by Crippen LogP contribution is 2.46. The molecule has 2 aliphatic rings. The minimum absolute atomic E-state index is 0.00434. The Morgan fingerprint density at radius 2 is 1.90 bits per heavy atom. The van der Waals surface area contributed by atoms with Gasteiger partial charge in [-0.05, 0) is 55.2 Å². The molecular weight excluding hydrogens is 398 g/mol. The van der Waals surface area contributed by atoms with Gasteiger partial charge in [0.25, 0.3) is 0 Å². The Kier molecular flexibility index (Phi) is 4.53. The molecule has 6 nitrogen and oxygen atoms in total. The Balaban J connectivity index is 1.61. The Hall–Kier alpha value is -3.29. The van der Waals surface area contributed by atoms with Crippen molar-refractivity contribution < 1.29 is 8.78 Å².